The lowest BCUT2D eigenvalue weighted by atomic mass is 9.81. The minimum atomic E-state index is -1.13. The van der Waals surface area contributed by atoms with E-state index < -0.39 is 17.4 Å². The molecule has 3 heterocycles. The number of aromatic amines is 1. The molecule has 1 aromatic heterocycles. The van der Waals surface area contributed by atoms with E-state index in [4.69, 9.17) is 11.6 Å². The van der Waals surface area contributed by atoms with Gasteiger partial charge in [-0.25, -0.2) is 9.18 Å². The summed E-state index contributed by atoms with van der Waals surface area (Å²) in [5.41, 5.74) is 1.57. The number of aromatic nitrogens is 1. The van der Waals surface area contributed by atoms with E-state index in [-0.39, 0.29) is 29.1 Å². The summed E-state index contributed by atoms with van der Waals surface area (Å²) in [5.74, 6) is -0.761. The fourth-order valence-corrected chi connectivity index (χ4v) is 5.33. The van der Waals surface area contributed by atoms with Crippen LogP contribution in [0.2, 0.25) is 5.02 Å². The number of imide groups is 1. The van der Waals surface area contributed by atoms with Gasteiger partial charge in [0.2, 0.25) is 0 Å². The minimum Gasteiger partial charge on any atom is -0.508 e. The summed E-state index contributed by atoms with van der Waals surface area (Å²) < 4.78 is 14.2. The van der Waals surface area contributed by atoms with Crippen molar-refractivity contribution >= 4 is 34.4 Å². The van der Waals surface area contributed by atoms with Crippen molar-refractivity contribution in [3.63, 3.8) is 0 Å². The summed E-state index contributed by atoms with van der Waals surface area (Å²) in [6, 6.07) is 8.49. The number of hydrogen-bond acceptors (Lipinski definition) is 4. The molecule has 7 nitrogen and oxygen atoms in total. The van der Waals surface area contributed by atoms with Gasteiger partial charge in [-0.1, -0.05) is 23.7 Å². The standard InChI is InChI=1S/C24H24ClFN4O3/c1-24-12-16-15-10-17(25)18(26)11-19(15)28-20(16)21(13-5-3-6-14(31)9-13)30(24)23(33)29(22(24)32)8-4-7-27-2/h3,5-6,9-11,21,27-28,31H,4,7-8,12H2,1-2H3. The Morgan fingerprint density at radius 2 is 2.09 bits per heavy atom. The first-order chi connectivity index (χ1) is 15.8. The molecule has 2 atom stereocenters. The Morgan fingerprint density at radius 3 is 2.82 bits per heavy atom. The first-order valence-electron chi connectivity index (χ1n) is 10.8. The smallest absolute Gasteiger partial charge is 0.328 e. The van der Waals surface area contributed by atoms with Crippen LogP contribution in [-0.2, 0) is 11.2 Å². The van der Waals surface area contributed by atoms with Crippen LogP contribution < -0.4 is 5.32 Å². The molecule has 0 spiro atoms. The number of halogens is 2. The number of H-pyrrole nitrogens is 1. The quantitative estimate of drug-likeness (QED) is 0.389. The second-order valence-corrected chi connectivity index (χ2v) is 9.25. The van der Waals surface area contributed by atoms with E-state index in [1.165, 1.54) is 11.0 Å². The van der Waals surface area contributed by atoms with Crippen LogP contribution in [0.4, 0.5) is 9.18 Å². The van der Waals surface area contributed by atoms with Crippen molar-refractivity contribution < 1.29 is 19.1 Å². The van der Waals surface area contributed by atoms with Crippen molar-refractivity contribution in [2.75, 3.05) is 20.1 Å². The zero-order valence-corrected chi connectivity index (χ0v) is 19.0. The highest BCUT2D eigenvalue weighted by Crippen LogP contribution is 2.49. The summed E-state index contributed by atoms with van der Waals surface area (Å²) in [5, 5.41) is 13.9. The first kappa shape index (κ1) is 21.7. The Kier molecular flexibility index (Phi) is 5.10. The largest absolute Gasteiger partial charge is 0.508 e. The summed E-state index contributed by atoms with van der Waals surface area (Å²) in [7, 11) is 1.82. The van der Waals surface area contributed by atoms with Crippen LogP contribution in [-0.4, -0.2) is 57.5 Å². The summed E-state index contributed by atoms with van der Waals surface area (Å²) in [4.78, 5) is 33.4. The molecular weight excluding hydrogens is 447 g/mol. The lowest BCUT2D eigenvalue weighted by molar-refractivity contribution is -0.133. The van der Waals surface area contributed by atoms with Crippen LogP contribution in [0.1, 0.15) is 36.2 Å². The maximum absolute atomic E-state index is 14.2. The van der Waals surface area contributed by atoms with E-state index in [2.05, 4.69) is 10.3 Å². The Morgan fingerprint density at radius 1 is 1.30 bits per heavy atom. The third-order valence-electron chi connectivity index (χ3n) is 6.70. The maximum atomic E-state index is 14.2. The Bertz CT molecular complexity index is 1290. The first-order valence-corrected chi connectivity index (χ1v) is 11.2. The van der Waals surface area contributed by atoms with Crippen LogP contribution in [0.5, 0.6) is 5.75 Å². The van der Waals surface area contributed by atoms with Crippen LogP contribution in [0.25, 0.3) is 10.9 Å². The third kappa shape index (κ3) is 3.20. The van der Waals surface area contributed by atoms with E-state index in [9.17, 15) is 19.1 Å². The molecule has 2 aliphatic rings. The zero-order valence-electron chi connectivity index (χ0n) is 18.3. The number of hydrogen-bond donors (Lipinski definition) is 3. The van der Waals surface area contributed by atoms with Gasteiger partial charge in [0, 0.05) is 29.6 Å². The molecule has 0 bridgehead atoms. The van der Waals surface area contributed by atoms with Gasteiger partial charge in [-0.05, 0) is 62.3 Å². The molecular formula is C24H24ClFN4O3. The number of urea groups is 1. The molecule has 2 aliphatic heterocycles. The molecule has 0 radical (unpaired) electrons. The molecule has 0 saturated carbocycles. The summed E-state index contributed by atoms with van der Waals surface area (Å²) in [6.45, 7) is 2.76. The van der Waals surface area contributed by atoms with Crippen molar-refractivity contribution in [2.45, 2.75) is 31.3 Å². The monoisotopic (exact) mass is 470 g/mol. The van der Waals surface area contributed by atoms with Gasteiger partial charge in [-0.2, -0.15) is 0 Å². The molecule has 33 heavy (non-hydrogen) atoms. The van der Waals surface area contributed by atoms with Crippen molar-refractivity contribution in [3.05, 3.63) is 64.1 Å². The van der Waals surface area contributed by atoms with Gasteiger partial charge >= 0.3 is 6.03 Å². The highest BCUT2D eigenvalue weighted by atomic mass is 35.5. The fraction of sp³-hybridized carbons (Fsp3) is 0.333. The minimum absolute atomic E-state index is 0.00620. The second-order valence-electron chi connectivity index (χ2n) is 8.84. The number of carbonyl (C=O) groups is 2. The molecule has 0 aliphatic carbocycles. The van der Waals surface area contributed by atoms with Gasteiger partial charge in [0.1, 0.15) is 23.1 Å². The lowest BCUT2D eigenvalue weighted by Gasteiger charge is -2.42. The molecule has 3 N–H and O–H groups in total. The number of carbonyl (C=O) groups excluding carboxylic acids is 2. The zero-order chi connectivity index (χ0) is 23.5. The van der Waals surface area contributed by atoms with Crippen LogP contribution in [0.15, 0.2) is 36.4 Å². The number of fused-ring (bicyclic) bond motifs is 4. The van der Waals surface area contributed by atoms with E-state index in [0.29, 0.717) is 36.3 Å². The van der Waals surface area contributed by atoms with Gasteiger partial charge in [0.25, 0.3) is 5.91 Å². The van der Waals surface area contributed by atoms with Gasteiger partial charge < -0.3 is 15.4 Å². The molecule has 172 valence electrons. The Balaban J connectivity index is 1.71. The molecule has 2 aromatic carbocycles. The van der Waals surface area contributed by atoms with Crippen molar-refractivity contribution in [1.29, 1.82) is 0 Å². The number of nitrogens with zero attached hydrogens (tertiary/aromatic N) is 2. The topological polar surface area (TPSA) is 88.7 Å². The highest BCUT2D eigenvalue weighted by Gasteiger charge is 2.60. The molecule has 1 saturated heterocycles. The Labute approximate surface area is 195 Å². The molecule has 3 aromatic rings. The van der Waals surface area contributed by atoms with Gasteiger partial charge in [0.15, 0.2) is 0 Å². The number of rotatable bonds is 5. The highest BCUT2D eigenvalue weighted by molar-refractivity contribution is 6.31. The number of amides is 3. The summed E-state index contributed by atoms with van der Waals surface area (Å²) >= 11 is 6.09. The number of benzene rings is 2. The number of nitrogens with one attached hydrogen (secondary N) is 2. The van der Waals surface area contributed by atoms with E-state index in [1.807, 2.05) is 7.05 Å². The second kappa shape index (κ2) is 7.74. The predicted molar refractivity (Wildman–Crippen MR) is 123 cm³/mol. The number of phenolic OH excluding ortho intramolecular Hbond substituents is 1. The maximum Gasteiger partial charge on any atom is 0.328 e. The third-order valence-corrected chi connectivity index (χ3v) is 6.99. The lowest BCUT2D eigenvalue weighted by Crippen LogP contribution is -2.53. The molecule has 9 heteroatoms. The summed E-state index contributed by atoms with van der Waals surface area (Å²) in [6.07, 6.45) is 0.907. The average Bonchev–Trinajstić information content (AvgIpc) is 3.20. The molecule has 1 fully saturated rings. The average molecular weight is 471 g/mol. The molecule has 2 unspecified atom stereocenters. The fourth-order valence-electron chi connectivity index (χ4n) is 5.16. The number of aromatic hydroxyl groups is 1. The Hall–Kier alpha value is -3.10. The predicted octanol–water partition coefficient (Wildman–Crippen LogP) is 3.94. The number of phenols is 1. The van der Waals surface area contributed by atoms with Crippen LogP contribution in [0, 0.1) is 5.82 Å². The van der Waals surface area contributed by atoms with E-state index >= 15 is 0 Å². The van der Waals surface area contributed by atoms with E-state index in [0.717, 1.165) is 10.9 Å². The van der Waals surface area contributed by atoms with Crippen molar-refractivity contribution in [2.24, 2.45) is 0 Å². The van der Waals surface area contributed by atoms with E-state index in [1.54, 1.807) is 42.2 Å². The van der Waals surface area contributed by atoms with Gasteiger partial charge in [-0.15, -0.1) is 0 Å². The molecule has 3 amide bonds. The van der Waals surface area contributed by atoms with Crippen LogP contribution in [0.3, 0.4) is 0 Å². The van der Waals surface area contributed by atoms with Crippen LogP contribution >= 0.6 is 11.6 Å². The van der Waals surface area contributed by atoms with Crippen molar-refractivity contribution in [3.8, 4) is 5.75 Å². The van der Waals surface area contributed by atoms with Crippen molar-refractivity contribution in [1.82, 2.24) is 20.1 Å². The van der Waals surface area contributed by atoms with Gasteiger partial charge in [-0.3, -0.25) is 14.6 Å². The van der Waals surface area contributed by atoms with Gasteiger partial charge in [0.05, 0.1) is 5.02 Å². The molecule has 5 rings (SSSR count). The normalized spacial score (nSPS) is 22.2. The SMILES string of the molecule is CNCCCN1C(=O)N2C(c3cccc(O)c3)c3[nH]c4cc(F)c(Cl)cc4c3CC2(C)C1=O.